The second-order valence-corrected chi connectivity index (χ2v) is 4.68. The van der Waals surface area contributed by atoms with E-state index in [-0.39, 0.29) is 23.2 Å². The minimum atomic E-state index is -4.51. The Bertz CT molecular complexity index is 571. The predicted octanol–water partition coefficient (Wildman–Crippen LogP) is 2.99. The van der Waals surface area contributed by atoms with Gasteiger partial charge in [-0.15, -0.1) is 0 Å². The van der Waals surface area contributed by atoms with Gasteiger partial charge in [-0.25, -0.2) is 0 Å². The number of aromatic amines is 1. The highest BCUT2D eigenvalue weighted by Gasteiger charge is 2.39. The van der Waals surface area contributed by atoms with Gasteiger partial charge in [0.1, 0.15) is 5.56 Å². The maximum Gasteiger partial charge on any atom is 0.420 e. The monoisotopic (exact) mass is 274 g/mol. The Morgan fingerprint density at radius 1 is 1.32 bits per heavy atom. The van der Waals surface area contributed by atoms with Crippen LogP contribution in [0.15, 0.2) is 4.52 Å². The molecule has 5 nitrogen and oxygen atoms in total. The number of hydrogen-bond acceptors (Lipinski definition) is 4. The topological polar surface area (TPSA) is 67.6 Å². The lowest BCUT2D eigenvalue weighted by atomic mass is 10.1. The summed E-state index contributed by atoms with van der Waals surface area (Å²) in [4.78, 5) is 3.95. The van der Waals surface area contributed by atoms with Gasteiger partial charge in [0.05, 0.1) is 0 Å². The van der Waals surface area contributed by atoms with Crippen LogP contribution in [0.4, 0.5) is 13.2 Å². The molecule has 0 aliphatic rings. The van der Waals surface area contributed by atoms with Crippen molar-refractivity contribution in [3.05, 3.63) is 17.1 Å². The van der Waals surface area contributed by atoms with Crippen molar-refractivity contribution in [3.8, 4) is 11.6 Å². The van der Waals surface area contributed by atoms with Gasteiger partial charge in [0.15, 0.2) is 11.5 Å². The normalized spacial score (nSPS) is 12.4. The minimum absolute atomic E-state index is 0.0777. The zero-order valence-electron chi connectivity index (χ0n) is 10.7. The third-order valence-electron chi connectivity index (χ3n) is 2.49. The summed E-state index contributed by atoms with van der Waals surface area (Å²) in [5.41, 5.74) is -1.30. The lowest BCUT2D eigenvalue weighted by molar-refractivity contribution is -0.137. The highest BCUT2D eigenvalue weighted by Crippen LogP contribution is 2.37. The van der Waals surface area contributed by atoms with Gasteiger partial charge in [-0.2, -0.15) is 23.3 Å². The number of nitrogens with zero attached hydrogens (tertiary/aromatic N) is 3. The molecule has 0 radical (unpaired) electrons. The quantitative estimate of drug-likeness (QED) is 0.934. The van der Waals surface area contributed by atoms with E-state index in [1.54, 1.807) is 0 Å². The lowest BCUT2D eigenvalue weighted by Gasteiger charge is -2.05. The van der Waals surface area contributed by atoms with E-state index in [9.17, 15) is 13.2 Å². The Balaban J connectivity index is 2.40. The molecule has 2 aromatic heterocycles. The van der Waals surface area contributed by atoms with E-state index in [1.165, 1.54) is 6.92 Å². The fraction of sp³-hybridized carbons (Fsp3) is 0.545. The summed E-state index contributed by atoms with van der Waals surface area (Å²) in [6.45, 7) is 5.20. The van der Waals surface area contributed by atoms with Crippen LogP contribution in [0.3, 0.4) is 0 Å². The molecule has 0 saturated heterocycles. The SMILES string of the molecule is Cc1[nH]nc(-c2nc(CC(C)C)no2)c1C(F)(F)F. The van der Waals surface area contributed by atoms with E-state index in [1.807, 2.05) is 13.8 Å². The van der Waals surface area contributed by atoms with Crippen LogP contribution >= 0.6 is 0 Å². The van der Waals surface area contributed by atoms with Crippen molar-refractivity contribution in [1.29, 1.82) is 0 Å². The van der Waals surface area contributed by atoms with Crippen LogP contribution in [0.5, 0.6) is 0 Å². The number of aryl methyl sites for hydroxylation is 1. The molecule has 2 rings (SSSR count). The first-order chi connectivity index (χ1) is 8.79. The summed E-state index contributed by atoms with van der Waals surface area (Å²) < 4.78 is 43.5. The molecule has 0 spiro atoms. The number of rotatable bonds is 3. The fourth-order valence-electron chi connectivity index (χ4n) is 1.73. The predicted molar refractivity (Wildman–Crippen MR) is 60.2 cm³/mol. The summed E-state index contributed by atoms with van der Waals surface area (Å²) in [7, 11) is 0. The molecule has 2 aromatic rings. The molecular formula is C11H13F3N4O. The first-order valence-electron chi connectivity index (χ1n) is 5.74. The number of halogens is 3. The molecule has 104 valence electrons. The summed E-state index contributed by atoms with van der Waals surface area (Å²) >= 11 is 0. The summed E-state index contributed by atoms with van der Waals surface area (Å²) in [6.07, 6.45) is -3.98. The third kappa shape index (κ3) is 2.77. The first kappa shape index (κ1) is 13.6. The smallest absolute Gasteiger partial charge is 0.332 e. The molecule has 0 bridgehead atoms. The second-order valence-electron chi connectivity index (χ2n) is 4.68. The van der Waals surface area contributed by atoms with Crippen molar-refractivity contribution in [1.82, 2.24) is 20.3 Å². The molecule has 0 fully saturated rings. The van der Waals surface area contributed by atoms with E-state index in [2.05, 4.69) is 20.3 Å². The highest BCUT2D eigenvalue weighted by molar-refractivity contribution is 5.55. The summed E-state index contributed by atoms with van der Waals surface area (Å²) in [5.74, 6) is 0.444. The average molecular weight is 274 g/mol. The van der Waals surface area contributed by atoms with Gasteiger partial charge in [-0.1, -0.05) is 19.0 Å². The van der Waals surface area contributed by atoms with Crippen LogP contribution in [0, 0.1) is 12.8 Å². The maximum absolute atomic E-state index is 12.9. The van der Waals surface area contributed by atoms with E-state index in [0.29, 0.717) is 12.2 Å². The molecule has 0 atom stereocenters. The molecule has 0 amide bonds. The molecule has 0 saturated carbocycles. The molecule has 19 heavy (non-hydrogen) atoms. The number of H-pyrrole nitrogens is 1. The lowest BCUT2D eigenvalue weighted by Crippen LogP contribution is -2.07. The summed E-state index contributed by atoms with van der Waals surface area (Å²) in [5, 5.41) is 9.56. The van der Waals surface area contributed by atoms with Gasteiger partial charge in [-0.3, -0.25) is 5.10 Å². The Hall–Kier alpha value is -1.86. The zero-order valence-corrected chi connectivity index (χ0v) is 10.7. The first-order valence-corrected chi connectivity index (χ1v) is 5.74. The van der Waals surface area contributed by atoms with Crippen LogP contribution in [-0.4, -0.2) is 20.3 Å². The van der Waals surface area contributed by atoms with Crippen molar-refractivity contribution < 1.29 is 17.7 Å². The molecule has 8 heteroatoms. The Morgan fingerprint density at radius 3 is 2.58 bits per heavy atom. The van der Waals surface area contributed by atoms with Crippen molar-refractivity contribution in [2.45, 2.75) is 33.4 Å². The van der Waals surface area contributed by atoms with Gasteiger partial charge in [0, 0.05) is 12.1 Å². The van der Waals surface area contributed by atoms with Crippen molar-refractivity contribution in [3.63, 3.8) is 0 Å². The van der Waals surface area contributed by atoms with Gasteiger partial charge < -0.3 is 4.52 Å². The van der Waals surface area contributed by atoms with Crippen LogP contribution in [-0.2, 0) is 12.6 Å². The van der Waals surface area contributed by atoms with Crippen LogP contribution in [0.2, 0.25) is 0 Å². The second kappa shape index (κ2) is 4.67. The maximum atomic E-state index is 12.9. The van der Waals surface area contributed by atoms with Crippen molar-refractivity contribution >= 4 is 0 Å². The Morgan fingerprint density at radius 2 is 2.00 bits per heavy atom. The number of alkyl halides is 3. The van der Waals surface area contributed by atoms with Gasteiger partial charge in [-0.05, 0) is 12.8 Å². The molecule has 0 aliphatic heterocycles. The zero-order chi connectivity index (χ0) is 14.2. The molecule has 0 aromatic carbocycles. The minimum Gasteiger partial charge on any atom is -0.332 e. The molecule has 1 N–H and O–H groups in total. The van der Waals surface area contributed by atoms with Gasteiger partial charge in [0.2, 0.25) is 0 Å². The van der Waals surface area contributed by atoms with E-state index >= 15 is 0 Å². The molecule has 2 heterocycles. The molecule has 0 aliphatic carbocycles. The van der Waals surface area contributed by atoms with Gasteiger partial charge in [0.25, 0.3) is 5.89 Å². The Labute approximate surface area is 107 Å². The largest absolute Gasteiger partial charge is 0.420 e. The van der Waals surface area contributed by atoms with E-state index in [4.69, 9.17) is 4.52 Å². The van der Waals surface area contributed by atoms with Crippen LogP contribution in [0.25, 0.3) is 11.6 Å². The standard InChI is InChI=1S/C11H13F3N4O/c1-5(2)4-7-15-10(19-18-7)9-8(11(12,13)14)6(3)16-17-9/h5H,4H2,1-3H3,(H,16,17). The Kier molecular flexibility index (Phi) is 3.34. The van der Waals surface area contributed by atoms with Crippen molar-refractivity contribution in [2.24, 2.45) is 5.92 Å². The average Bonchev–Trinajstić information content (AvgIpc) is 2.82. The summed E-state index contributed by atoms with van der Waals surface area (Å²) in [6, 6.07) is 0. The highest BCUT2D eigenvalue weighted by atomic mass is 19.4. The number of hydrogen-bond donors (Lipinski definition) is 1. The molecular weight excluding hydrogens is 261 g/mol. The fourth-order valence-corrected chi connectivity index (χ4v) is 1.73. The van der Waals surface area contributed by atoms with Gasteiger partial charge >= 0.3 is 6.18 Å². The van der Waals surface area contributed by atoms with E-state index in [0.717, 1.165) is 0 Å². The third-order valence-corrected chi connectivity index (χ3v) is 2.49. The van der Waals surface area contributed by atoms with E-state index < -0.39 is 11.7 Å². The number of nitrogens with one attached hydrogen (secondary N) is 1. The number of aromatic nitrogens is 4. The van der Waals surface area contributed by atoms with Crippen LogP contribution < -0.4 is 0 Å². The van der Waals surface area contributed by atoms with Crippen molar-refractivity contribution in [2.75, 3.05) is 0 Å². The molecule has 0 unspecified atom stereocenters. The van der Waals surface area contributed by atoms with Crippen LogP contribution in [0.1, 0.15) is 30.9 Å².